The van der Waals surface area contributed by atoms with Crippen LogP contribution in [0.25, 0.3) is 10.2 Å². The summed E-state index contributed by atoms with van der Waals surface area (Å²) in [5, 5.41) is 0.965. The van der Waals surface area contributed by atoms with Crippen LogP contribution in [0.3, 0.4) is 0 Å². The fourth-order valence-corrected chi connectivity index (χ4v) is 2.88. The fraction of sp³-hybridized carbons (Fsp3) is 0.385. The third-order valence-electron chi connectivity index (χ3n) is 2.90. The number of ketones is 1. The van der Waals surface area contributed by atoms with Crippen LogP contribution < -0.4 is 0 Å². The lowest BCUT2D eigenvalue weighted by molar-refractivity contribution is -0.118. The lowest BCUT2D eigenvalue weighted by Gasteiger charge is -1.94. The Labute approximate surface area is 98.3 Å². The first-order valence-electron chi connectivity index (χ1n) is 5.67. The number of para-hydroxylation sites is 1. The Morgan fingerprint density at radius 1 is 1.38 bits per heavy atom. The van der Waals surface area contributed by atoms with Gasteiger partial charge in [-0.05, 0) is 30.9 Å². The topological polar surface area (TPSA) is 30.0 Å². The first-order valence-corrected chi connectivity index (χ1v) is 6.49. The third kappa shape index (κ3) is 2.14. The van der Waals surface area contributed by atoms with Crippen LogP contribution in [0.5, 0.6) is 0 Å². The molecule has 16 heavy (non-hydrogen) atoms. The van der Waals surface area contributed by atoms with Gasteiger partial charge in [-0.25, -0.2) is 4.98 Å². The smallest absolute Gasteiger partial charge is 0.139 e. The maximum Gasteiger partial charge on any atom is 0.139 e. The highest BCUT2D eigenvalue weighted by Crippen LogP contribution is 2.33. The number of thiazole rings is 1. The van der Waals surface area contributed by atoms with Crippen molar-refractivity contribution < 1.29 is 4.79 Å². The highest BCUT2D eigenvalue weighted by molar-refractivity contribution is 7.18. The van der Waals surface area contributed by atoms with E-state index in [0.717, 1.165) is 16.9 Å². The predicted octanol–water partition coefficient (Wildman–Crippen LogP) is 3.21. The molecule has 1 aliphatic carbocycles. The summed E-state index contributed by atoms with van der Waals surface area (Å²) >= 11 is 1.64. The Hall–Kier alpha value is -1.22. The van der Waals surface area contributed by atoms with Gasteiger partial charge in [-0.2, -0.15) is 0 Å². The molecule has 1 heterocycles. The van der Waals surface area contributed by atoms with Crippen molar-refractivity contribution >= 4 is 27.3 Å². The molecule has 1 saturated carbocycles. The third-order valence-corrected chi connectivity index (χ3v) is 3.94. The number of hydrogen-bond donors (Lipinski definition) is 0. The van der Waals surface area contributed by atoms with Gasteiger partial charge in [0.1, 0.15) is 10.8 Å². The average Bonchev–Trinajstić information content (AvgIpc) is 2.97. The van der Waals surface area contributed by atoms with Crippen molar-refractivity contribution in [3.8, 4) is 0 Å². The molecule has 0 saturated heterocycles. The van der Waals surface area contributed by atoms with E-state index in [-0.39, 0.29) is 0 Å². The molecule has 0 N–H and O–H groups in total. The molecule has 1 aromatic carbocycles. The van der Waals surface area contributed by atoms with Crippen LogP contribution in [0.2, 0.25) is 0 Å². The van der Waals surface area contributed by atoms with Gasteiger partial charge >= 0.3 is 0 Å². The van der Waals surface area contributed by atoms with Gasteiger partial charge in [0.2, 0.25) is 0 Å². The molecule has 0 radical (unpaired) electrons. The molecule has 3 rings (SSSR count). The normalized spacial score (nSPS) is 15.5. The zero-order valence-electron chi connectivity index (χ0n) is 8.98. The van der Waals surface area contributed by atoms with Crippen molar-refractivity contribution in [1.29, 1.82) is 0 Å². The molecule has 0 spiro atoms. The Morgan fingerprint density at radius 2 is 2.19 bits per heavy atom. The Morgan fingerprint density at radius 3 is 2.94 bits per heavy atom. The lowest BCUT2D eigenvalue weighted by Crippen LogP contribution is -2.02. The summed E-state index contributed by atoms with van der Waals surface area (Å²) in [4.78, 5) is 16.2. The van der Waals surface area contributed by atoms with Gasteiger partial charge in [0, 0.05) is 6.42 Å². The molecule has 2 nitrogen and oxygen atoms in total. The summed E-state index contributed by atoms with van der Waals surface area (Å²) in [6.45, 7) is 0. The van der Waals surface area contributed by atoms with Gasteiger partial charge in [-0.15, -0.1) is 11.3 Å². The average molecular weight is 231 g/mol. The first kappa shape index (κ1) is 9.97. The van der Waals surface area contributed by atoms with Crippen molar-refractivity contribution in [1.82, 2.24) is 4.98 Å². The number of aromatic nitrogens is 1. The van der Waals surface area contributed by atoms with Crippen LogP contribution in [0, 0.1) is 5.92 Å². The van der Waals surface area contributed by atoms with Crippen molar-refractivity contribution in [2.45, 2.75) is 25.7 Å². The van der Waals surface area contributed by atoms with Crippen LogP contribution in [-0.2, 0) is 11.2 Å². The highest BCUT2D eigenvalue weighted by atomic mass is 32.1. The van der Waals surface area contributed by atoms with Crippen LogP contribution in [0.4, 0.5) is 0 Å². The van der Waals surface area contributed by atoms with E-state index in [4.69, 9.17) is 0 Å². The largest absolute Gasteiger partial charge is 0.299 e. The minimum atomic E-state index is 0.349. The molecule has 0 bridgehead atoms. The zero-order chi connectivity index (χ0) is 11.0. The van der Waals surface area contributed by atoms with Crippen LogP contribution in [-0.4, -0.2) is 10.8 Å². The second-order valence-electron chi connectivity index (χ2n) is 4.44. The maximum absolute atomic E-state index is 11.7. The van der Waals surface area contributed by atoms with Crippen LogP contribution in [0.15, 0.2) is 24.3 Å². The van der Waals surface area contributed by atoms with E-state index in [2.05, 4.69) is 11.1 Å². The van der Waals surface area contributed by atoms with Gasteiger partial charge in [-0.3, -0.25) is 4.79 Å². The van der Waals surface area contributed by atoms with Gasteiger partial charge in [0.25, 0.3) is 0 Å². The lowest BCUT2D eigenvalue weighted by atomic mass is 10.1. The molecule has 0 atom stereocenters. The molecule has 82 valence electrons. The fourth-order valence-electron chi connectivity index (χ4n) is 1.88. The molecule has 3 heteroatoms. The van der Waals surface area contributed by atoms with Crippen molar-refractivity contribution in [3.63, 3.8) is 0 Å². The minimum Gasteiger partial charge on any atom is -0.299 e. The van der Waals surface area contributed by atoms with Crippen molar-refractivity contribution in [2.75, 3.05) is 0 Å². The molecular formula is C13H13NOS. The molecule has 1 aromatic heterocycles. The number of carbonyl (C=O) groups excluding carboxylic acids is 1. The van der Waals surface area contributed by atoms with Gasteiger partial charge in [0.05, 0.1) is 16.6 Å². The highest BCUT2D eigenvalue weighted by Gasteiger charge is 2.24. The summed E-state index contributed by atoms with van der Waals surface area (Å²) < 4.78 is 1.18. The van der Waals surface area contributed by atoms with Gasteiger partial charge in [-0.1, -0.05) is 12.1 Å². The van der Waals surface area contributed by atoms with Crippen LogP contribution >= 0.6 is 11.3 Å². The summed E-state index contributed by atoms with van der Waals surface area (Å²) in [7, 11) is 0. The van der Waals surface area contributed by atoms with E-state index in [1.54, 1.807) is 11.3 Å². The molecule has 1 aliphatic rings. The molecule has 1 fully saturated rings. The number of hydrogen-bond acceptors (Lipinski definition) is 3. The zero-order valence-corrected chi connectivity index (χ0v) is 9.80. The predicted molar refractivity (Wildman–Crippen MR) is 65.7 cm³/mol. The second-order valence-corrected chi connectivity index (χ2v) is 5.55. The van der Waals surface area contributed by atoms with E-state index in [0.29, 0.717) is 18.1 Å². The van der Waals surface area contributed by atoms with Crippen molar-refractivity contribution in [2.24, 2.45) is 5.92 Å². The van der Waals surface area contributed by atoms with E-state index in [1.165, 1.54) is 17.5 Å². The summed E-state index contributed by atoms with van der Waals surface area (Å²) in [6.07, 6.45) is 3.77. The Bertz CT molecular complexity index is 494. The molecular weight excluding hydrogens is 218 g/mol. The van der Waals surface area contributed by atoms with E-state index in [1.807, 2.05) is 18.2 Å². The minimum absolute atomic E-state index is 0.349. The standard InChI is InChI=1S/C13H13NOS/c15-10(7-9-5-6-9)8-13-14-11-3-1-2-4-12(11)16-13/h1-4,9H,5-8H2. The summed E-state index contributed by atoms with van der Waals surface area (Å²) in [5.74, 6) is 1.03. The number of Topliss-reactive ketones (excluding diaryl/α,β-unsaturated/α-hetero) is 1. The number of carbonyl (C=O) groups is 1. The number of fused-ring (bicyclic) bond motifs is 1. The van der Waals surface area contributed by atoms with E-state index in [9.17, 15) is 4.79 Å². The second kappa shape index (κ2) is 3.98. The first-order chi connectivity index (χ1) is 7.81. The molecule has 0 unspecified atom stereocenters. The van der Waals surface area contributed by atoms with Gasteiger partial charge in [0.15, 0.2) is 0 Å². The molecule has 2 aromatic rings. The van der Waals surface area contributed by atoms with Crippen molar-refractivity contribution in [3.05, 3.63) is 29.3 Å². The number of rotatable bonds is 4. The maximum atomic E-state index is 11.7. The number of benzene rings is 1. The van der Waals surface area contributed by atoms with Crippen LogP contribution in [0.1, 0.15) is 24.3 Å². The molecule has 0 amide bonds. The SMILES string of the molecule is O=C(Cc1nc2ccccc2s1)CC1CC1. The summed E-state index contributed by atoms with van der Waals surface area (Å²) in [5.41, 5.74) is 1.02. The number of nitrogens with zero attached hydrogens (tertiary/aromatic N) is 1. The quantitative estimate of drug-likeness (QED) is 0.808. The monoisotopic (exact) mass is 231 g/mol. The molecule has 0 aliphatic heterocycles. The Balaban J connectivity index is 1.75. The van der Waals surface area contributed by atoms with E-state index < -0.39 is 0 Å². The Kier molecular flexibility index (Phi) is 2.48. The van der Waals surface area contributed by atoms with Gasteiger partial charge < -0.3 is 0 Å². The summed E-state index contributed by atoms with van der Waals surface area (Å²) in [6, 6.07) is 8.05. The van der Waals surface area contributed by atoms with E-state index >= 15 is 0 Å².